The predicted molar refractivity (Wildman–Crippen MR) is 133 cm³/mol. The highest BCUT2D eigenvalue weighted by Crippen LogP contribution is 2.23. The number of hydrogen-bond donors (Lipinski definition) is 2. The molecule has 2 N–H and O–H groups in total. The molecule has 0 saturated heterocycles. The fraction of sp³-hybridized carbons (Fsp3) is 0.222. The first kappa shape index (κ1) is 25.3. The van der Waals surface area contributed by atoms with Crippen LogP contribution in [-0.4, -0.2) is 31.5 Å². The van der Waals surface area contributed by atoms with Crippen LogP contribution in [0.15, 0.2) is 72.8 Å². The first-order valence-corrected chi connectivity index (χ1v) is 11.2. The number of nitrogens with one attached hydrogen (secondary N) is 2. The average Bonchev–Trinajstić information content (AvgIpc) is 2.86. The van der Waals surface area contributed by atoms with Crippen LogP contribution < -0.4 is 20.1 Å². The maximum atomic E-state index is 12.1. The van der Waals surface area contributed by atoms with Gasteiger partial charge in [-0.15, -0.1) is 0 Å². The van der Waals surface area contributed by atoms with E-state index >= 15 is 0 Å². The maximum Gasteiger partial charge on any atom is 0.306 e. The summed E-state index contributed by atoms with van der Waals surface area (Å²) < 4.78 is 15.8. The van der Waals surface area contributed by atoms with E-state index in [-0.39, 0.29) is 18.7 Å². The third-order valence-corrected chi connectivity index (χ3v) is 4.92. The molecular weight excluding hydrogens is 448 g/mol. The van der Waals surface area contributed by atoms with Crippen LogP contribution >= 0.6 is 0 Å². The van der Waals surface area contributed by atoms with Crippen molar-refractivity contribution in [3.8, 4) is 17.2 Å². The molecule has 182 valence electrons. The zero-order chi connectivity index (χ0) is 25.0. The third-order valence-electron chi connectivity index (χ3n) is 4.92. The van der Waals surface area contributed by atoms with E-state index in [1.54, 1.807) is 55.6 Å². The molecule has 0 unspecified atom stereocenters. The highest BCUT2D eigenvalue weighted by Gasteiger charge is 2.10. The molecule has 0 fully saturated rings. The monoisotopic (exact) mass is 476 g/mol. The van der Waals surface area contributed by atoms with Crippen molar-refractivity contribution in [1.82, 2.24) is 0 Å². The summed E-state index contributed by atoms with van der Waals surface area (Å²) >= 11 is 0. The van der Waals surface area contributed by atoms with Gasteiger partial charge >= 0.3 is 5.97 Å². The summed E-state index contributed by atoms with van der Waals surface area (Å²) in [5.41, 5.74) is 2.35. The summed E-state index contributed by atoms with van der Waals surface area (Å²) in [5.74, 6) is 0.851. The molecule has 0 spiro atoms. The van der Waals surface area contributed by atoms with Gasteiger partial charge in [0.05, 0.1) is 7.11 Å². The molecule has 2 amide bonds. The van der Waals surface area contributed by atoms with Gasteiger partial charge in [-0.05, 0) is 74.0 Å². The Kier molecular flexibility index (Phi) is 9.24. The summed E-state index contributed by atoms with van der Waals surface area (Å²) in [4.78, 5) is 35.9. The van der Waals surface area contributed by atoms with Crippen molar-refractivity contribution in [3.05, 3.63) is 78.4 Å². The Morgan fingerprint density at radius 1 is 0.686 bits per heavy atom. The topological polar surface area (TPSA) is 103 Å². The molecule has 8 nitrogen and oxygen atoms in total. The number of ether oxygens (including phenoxy) is 3. The van der Waals surface area contributed by atoms with E-state index in [4.69, 9.17) is 14.2 Å². The zero-order valence-electron chi connectivity index (χ0n) is 19.7. The average molecular weight is 477 g/mol. The molecule has 8 heteroatoms. The summed E-state index contributed by atoms with van der Waals surface area (Å²) in [6.45, 7) is 1.61. The van der Waals surface area contributed by atoms with Crippen molar-refractivity contribution < 1.29 is 28.6 Å². The van der Waals surface area contributed by atoms with Crippen molar-refractivity contribution >= 4 is 29.2 Å². The molecule has 0 radical (unpaired) electrons. The maximum absolute atomic E-state index is 12.1. The van der Waals surface area contributed by atoms with Crippen molar-refractivity contribution in [2.75, 3.05) is 24.4 Å². The van der Waals surface area contributed by atoms with Gasteiger partial charge in [-0.1, -0.05) is 17.7 Å². The number of hydrogen-bond acceptors (Lipinski definition) is 6. The van der Waals surface area contributed by atoms with Crippen molar-refractivity contribution in [1.29, 1.82) is 0 Å². The lowest BCUT2D eigenvalue weighted by atomic mass is 10.2. The molecule has 35 heavy (non-hydrogen) atoms. The summed E-state index contributed by atoms with van der Waals surface area (Å²) in [7, 11) is 1.55. The Morgan fingerprint density at radius 2 is 1.20 bits per heavy atom. The van der Waals surface area contributed by atoms with Crippen LogP contribution in [0.4, 0.5) is 11.4 Å². The van der Waals surface area contributed by atoms with E-state index in [0.29, 0.717) is 29.3 Å². The van der Waals surface area contributed by atoms with E-state index in [1.807, 2.05) is 31.2 Å². The van der Waals surface area contributed by atoms with E-state index in [2.05, 4.69) is 10.6 Å². The lowest BCUT2D eigenvalue weighted by Gasteiger charge is -2.09. The molecule has 3 aromatic carbocycles. The minimum Gasteiger partial charge on any atom is -0.497 e. The predicted octanol–water partition coefficient (Wildman–Crippen LogP) is 5.09. The standard InChI is InChI=1S/C27H28N2O6/c1-19-6-12-23(13-7-19)35-24-16-10-20(11-17-24)28-25(30)4-3-5-27(32)34-18-26(31)29-21-8-14-22(33-2)15-9-21/h6-17H,3-5,18H2,1-2H3,(H,28,30)(H,29,31). The Hall–Kier alpha value is -4.33. The van der Waals surface area contributed by atoms with Crippen LogP contribution in [0.3, 0.4) is 0 Å². The summed E-state index contributed by atoms with van der Waals surface area (Å²) in [6, 6.07) is 21.5. The molecule has 0 atom stereocenters. The van der Waals surface area contributed by atoms with Gasteiger partial charge < -0.3 is 24.8 Å². The Morgan fingerprint density at radius 3 is 1.77 bits per heavy atom. The lowest BCUT2D eigenvalue weighted by molar-refractivity contribution is -0.147. The number of rotatable bonds is 11. The quantitative estimate of drug-likeness (QED) is 0.374. The second kappa shape index (κ2) is 12.8. The fourth-order valence-electron chi connectivity index (χ4n) is 3.06. The first-order chi connectivity index (χ1) is 16.9. The molecule has 0 bridgehead atoms. The number of amides is 2. The van der Waals surface area contributed by atoms with Crippen molar-refractivity contribution in [3.63, 3.8) is 0 Å². The highest BCUT2D eigenvalue weighted by molar-refractivity contribution is 5.93. The van der Waals surface area contributed by atoms with Gasteiger partial charge in [0.2, 0.25) is 5.91 Å². The minimum absolute atomic E-state index is 0.0343. The molecule has 0 aliphatic rings. The van der Waals surface area contributed by atoms with Crippen LogP contribution in [0.1, 0.15) is 24.8 Å². The van der Waals surface area contributed by atoms with Gasteiger partial charge in [-0.3, -0.25) is 14.4 Å². The Labute approximate surface area is 204 Å². The zero-order valence-corrected chi connectivity index (χ0v) is 19.7. The number of esters is 1. The van der Waals surface area contributed by atoms with Crippen LogP contribution in [0.5, 0.6) is 17.2 Å². The molecule has 0 saturated carbocycles. The van der Waals surface area contributed by atoms with E-state index in [0.717, 1.165) is 11.3 Å². The van der Waals surface area contributed by atoms with Crippen LogP contribution in [-0.2, 0) is 19.1 Å². The summed E-state index contributed by atoms with van der Waals surface area (Å²) in [6.07, 6.45) is 0.487. The van der Waals surface area contributed by atoms with Gasteiger partial charge in [0, 0.05) is 24.2 Å². The number of aryl methyl sites for hydroxylation is 1. The normalized spacial score (nSPS) is 10.2. The number of carbonyl (C=O) groups excluding carboxylic acids is 3. The molecule has 0 aliphatic heterocycles. The van der Waals surface area contributed by atoms with Gasteiger partial charge in [0.1, 0.15) is 17.2 Å². The molecular formula is C27H28N2O6. The largest absolute Gasteiger partial charge is 0.497 e. The number of anilines is 2. The second-order valence-electron chi connectivity index (χ2n) is 7.78. The van der Waals surface area contributed by atoms with E-state index in [9.17, 15) is 14.4 Å². The summed E-state index contributed by atoms with van der Waals surface area (Å²) in [5, 5.41) is 5.41. The highest BCUT2D eigenvalue weighted by atomic mass is 16.5. The Balaban J connectivity index is 1.31. The third kappa shape index (κ3) is 8.85. The molecule has 0 heterocycles. The fourth-order valence-corrected chi connectivity index (χ4v) is 3.06. The minimum atomic E-state index is -0.541. The van der Waals surface area contributed by atoms with Gasteiger partial charge in [-0.25, -0.2) is 0 Å². The number of carbonyl (C=O) groups is 3. The van der Waals surface area contributed by atoms with Crippen LogP contribution in [0.2, 0.25) is 0 Å². The van der Waals surface area contributed by atoms with E-state index < -0.39 is 18.5 Å². The first-order valence-electron chi connectivity index (χ1n) is 11.2. The van der Waals surface area contributed by atoms with Crippen molar-refractivity contribution in [2.45, 2.75) is 26.2 Å². The SMILES string of the molecule is COc1ccc(NC(=O)COC(=O)CCCC(=O)Nc2ccc(Oc3ccc(C)cc3)cc2)cc1. The number of methoxy groups -OCH3 is 1. The van der Waals surface area contributed by atoms with Crippen LogP contribution in [0, 0.1) is 6.92 Å². The molecule has 0 aromatic heterocycles. The molecule has 3 aromatic rings. The number of benzene rings is 3. The van der Waals surface area contributed by atoms with E-state index in [1.165, 1.54) is 0 Å². The second-order valence-corrected chi connectivity index (χ2v) is 7.78. The molecule has 0 aliphatic carbocycles. The van der Waals surface area contributed by atoms with Crippen LogP contribution in [0.25, 0.3) is 0 Å². The molecule has 3 rings (SSSR count). The lowest BCUT2D eigenvalue weighted by Crippen LogP contribution is -2.21. The van der Waals surface area contributed by atoms with Crippen molar-refractivity contribution in [2.24, 2.45) is 0 Å². The van der Waals surface area contributed by atoms with Gasteiger partial charge in [-0.2, -0.15) is 0 Å². The van der Waals surface area contributed by atoms with Gasteiger partial charge in [0.15, 0.2) is 6.61 Å². The van der Waals surface area contributed by atoms with Gasteiger partial charge in [0.25, 0.3) is 5.91 Å². The smallest absolute Gasteiger partial charge is 0.306 e. The Bertz CT molecular complexity index is 1130.